The summed E-state index contributed by atoms with van der Waals surface area (Å²) in [6.45, 7) is 2.36. The number of amides is 1. The van der Waals surface area contributed by atoms with Crippen molar-refractivity contribution in [2.24, 2.45) is 0 Å². The fourth-order valence-corrected chi connectivity index (χ4v) is 1.93. The molecule has 0 saturated heterocycles. The molecule has 0 bridgehead atoms. The molecular formula is C14H15N5O3. The summed E-state index contributed by atoms with van der Waals surface area (Å²) < 4.78 is 12.1. The van der Waals surface area contributed by atoms with Gasteiger partial charge in [0.2, 0.25) is 11.7 Å². The third-order valence-electron chi connectivity index (χ3n) is 3.17. The van der Waals surface area contributed by atoms with E-state index in [0.717, 1.165) is 0 Å². The lowest BCUT2D eigenvalue weighted by atomic mass is 10.3. The maximum atomic E-state index is 11.2. The number of hydrogen-bond donors (Lipinski definition) is 0. The van der Waals surface area contributed by atoms with Crippen LogP contribution in [-0.4, -0.2) is 38.0 Å². The maximum absolute atomic E-state index is 11.2. The minimum atomic E-state index is -0.0193. The van der Waals surface area contributed by atoms with Crippen LogP contribution in [0.1, 0.15) is 18.3 Å². The van der Waals surface area contributed by atoms with Gasteiger partial charge in [0.25, 0.3) is 0 Å². The minimum Gasteiger partial charge on any atom is -0.461 e. The first kappa shape index (κ1) is 14.1. The van der Waals surface area contributed by atoms with Gasteiger partial charge in [-0.2, -0.15) is 0 Å². The number of carbonyl (C=O) groups is 1. The number of carbonyl (C=O) groups excluding carboxylic acids is 1. The molecule has 8 heteroatoms. The van der Waals surface area contributed by atoms with E-state index in [1.165, 1.54) is 6.92 Å². The van der Waals surface area contributed by atoms with E-state index in [-0.39, 0.29) is 5.91 Å². The second-order valence-electron chi connectivity index (χ2n) is 4.94. The molecule has 1 amide bonds. The highest BCUT2D eigenvalue weighted by molar-refractivity contribution is 5.72. The molecular weight excluding hydrogens is 286 g/mol. The van der Waals surface area contributed by atoms with Crippen LogP contribution in [0.15, 0.2) is 39.6 Å². The maximum Gasteiger partial charge on any atom is 0.219 e. The predicted molar refractivity (Wildman–Crippen MR) is 75.5 cm³/mol. The molecule has 0 aromatic carbocycles. The Balaban J connectivity index is 1.66. The van der Waals surface area contributed by atoms with Crippen LogP contribution in [0.3, 0.4) is 0 Å². The van der Waals surface area contributed by atoms with Gasteiger partial charge in [0.15, 0.2) is 5.76 Å². The molecule has 0 radical (unpaired) electrons. The van der Waals surface area contributed by atoms with Gasteiger partial charge in [-0.3, -0.25) is 4.79 Å². The lowest BCUT2D eigenvalue weighted by molar-refractivity contribution is -0.128. The van der Waals surface area contributed by atoms with E-state index in [2.05, 4.69) is 15.5 Å². The van der Waals surface area contributed by atoms with Crippen molar-refractivity contribution in [3.8, 4) is 11.5 Å². The third-order valence-corrected chi connectivity index (χ3v) is 3.17. The molecule has 0 aliphatic heterocycles. The second kappa shape index (κ2) is 5.84. The number of furan rings is 1. The molecule has 0 fully saturated rings. The Morgan fingerprint density at radius 2 is 2.23 bits per heavy atom. The summed E-state index contributed by atoms with van der Waals surface area (Å²) in [7, 11) is 1.72. The summed E-state index contributed by atoms with van der Waals surface area (Å²) in [5.41, 5.74) is 1.43. The smallest absolute Gasteiger partial charge is 0.219 e. The molecule has 0 spiro atoms. The summed E-state index contributed by atoms with van der Waals surface area (Å²) in [5, 5.41) is 12.0. The van der Waals surface area contributed by atoms with Gasteiger partial charge < -0.3 is 13.8 Å². The van der Waals surface area contributed by atoms with Crippen molar-refractivity contribution in [3.05, 3.63) is 42.0 Å². The molecule has 3 aromatic rings. The van der Waals surface area contributed by atoms with Crippen LogP contribution in [-0.2, 0) is 17.9 Å². The molecule has 114 valence electrons. The monoisotopic (exact) mass is 301 g/mol. The minimum absolute atomic E-state index is 0.0193. The van der Waals surface area contributed by atoms with Gasteiger partial charge in [-0.1, -0.05) is 10.4 Å². The van der Waals surface area contributed by atoms with Crippen molar-refractivity contribution in [3.63, 3.8) is 0 Å². The Kier molecular flexibility index (Phi) is 3.73. The topological polar surface area (TPSA) is 90.2 Å². The zero-order valence-electron chi connectivity index (χ0n) is 12.3. The summed E-state index contributed by atoms with van der Waals surface area (Å²) in [5.74, 6) is 1.17. The summed E-state index contributed by atoms with van der Waals surface area (Å²) in [6.07, 6.45) is 3.35. The lowest BCUT2D eigenvalue weighted by Gasteiger charge is -2.11. The van der Waals surface area contributed by atoms with Gasteiger partial charge in [-0.05, 0) is 12.1 Å². The van der Waals surface area contributed by atoms with Gasteiger partial charge >= 0.3 is 0 Å². The molecule has 0 N–H and O–H groups in total. The second-order valence-corrected chi connectivity index (χ2v) is 4.94. The SMILES string of the molecule is CC(=O)N(C)Cc1cn(Cc2cc(-c3ccco3)on2)nn1. The Morgan fingerprint density at radius 3 is 2.95 bits per heavy atom. The Hall–Kier alpha value is -2.90. The first-order valence-corrected chi connectivity index (χ1v) is 6.72. The fraction of sp³-hybridized carbons (Fsp3) is 0.286. The van der Waals surface area contributed by atoms with Crippen LogP contribution in [0.4, 0.5) is 0 Å². The van der Waals surface area contributed by atoms with Crippen molar-refractivity contribution in [1.82, 2.24) is 25.1 Å². The molecule has 0 unspecified atom stereocenters. The standard InChI is InChI=1S/C14H15N5O3/c1-10(20)18(2)7-12-9-19(17-15-12)8-11-6-14(22-16-11)13-4-3-5-21-13/h3-6,9H,7-8H2,1-2H3. The van der Waals surface area contributed by atoms with Crippen LogP contribution in [0.25, 0.3) is 11.5 Å². The molecule has 0 aliphatic carbocycles. The van der Waals surface area contributed by atoms with Crippen LogP contribution in [0.2, 0.25) is 0 Å². The van der Waals surface area contributed by atoms with E-state index in [1.807, 2.05) is 0 Å². The van der Waals surface area contributed by atoms with Crippen LogP contribution in [0.5, 0.6) is 0 Å². The highest BCUT2D eigenvalue weighted by Crippen LogP contribution is 2.20. The summed E-state index contributed by atoms with van der Waals surface area (Å²) in [6, 6.07) is 5.38. The fourth-order valence-electron chi connectivity index (χ4n) is 1.93. The number of hydrogen-bond acceptors (Lipinski definition) is 6. The largest absolute Gasteiger partial charge is 0.461 e. The lowest BCUT2D eigenvalue weighted by Crippen LogP contribution is -2.23. The molecule has 8 nitrogen and oxygen atoms in total. The number of aromatic nitrogens is 4. The van der Waals surface area contributed by atoms with Gasteiger partial charge in [0.05, 0.1) is 25.5 Å². The summed E-state index contributed by atoms with van der Waals surface area (Å²) >= 11 is 0. The first-order chi connectivity index (χ1) is 10.6. The van der Waals surface area contributed by atoms with Crippen molar-refractivity contribution < 1.29 is 13.7 Å². The van der Waals surface area contributed by atoms with E-state index in [9.17, 15) is 4.79 Å². The van der Waals surface area contributed by atoms with Crippen LogP contribution < -0.4 is 0 Å². The normalized spacial score (nSPS) is 10.8. The van der Waals surface area contributed by atoms with E-state index in [4.69, 9.17) is 8.94 Å². The van der Waals surface area contributed by atoms with Crippen molar-refractivity contribution in [2.75, 3.05) is 7.05 Å². The number of nitrogens with zero attached hydrogens (tertiary/aromatic N) is 5. The zero-order chi connectivity index (χ0) is 15.5. The van der Waals surface area contributed by atoms with Crippen molar-refractivity contribution in [2.45, 2.75) is 20.0 Å². The van der Waals surface area contributed by atoms with E-state index in [1.54, 1.807) is 47.3 Å². The van der Waals surface area contributed by atoms with Crippen LogP contribution in [0, 0.1) is 0 Å². The van der Waals surface area contributed by atoms with Crippen LogP contribution >= 0.6 is 0 Å². The van der Waals surface area contributed by atoms with Gasteiger partial charge in [0, 0.05) is 20.0 Å². The van der Waals surface area contributed by atoms with E-state index >= 15 is 0 Å². The zero-order valence-corrected chi connectivity index (χ0v) is 12.3. The average molecular weight is 301 g/mol. The predicted octanol–water partition coefficient (Wildman–Crippen LogP) is 1.55. The van der Waals surface area contributed by atoms with E-state index in [0.29, 0.717) is 36.0 Å². The number of rotatable bonds is 5. The summed E-state index contributed by atoms with van der Waals surface area (Å²) in [4.78, 5) is 12.8. The highest BCUT2D eigenvalue weighted by Gasteiger charge is 2.11. The van der Waals surface area contributed by atoms with Gasteiger partial charge in [0.1, 0.15) is 11.4 Å². The molecule has 0 atom stereocenters. The third kappa shape index (κ3) is 3.05. The average Bonchev–Trinajstić information content (AvgIpc) is 3.20. The van der Waals surface area contributed by atoms with Crippen molar-refractivity contribution in [1.29, 1.82) is 0 Å². The quantitative estimate of drug-likeness (QED) is 0.710. The molecule has 3 rings (SSSR count). The Bertz CT molecular complexity index is 759. The van der Waals surface area contributed by atoms with E-state index < -0.39 is 0 Å². The first-order valence-electron chi connectivity index (χ1n) is 6.72. The molecule has 3 aromatic heterocycles. The van der Waals surface area contributed by atoms with Gasteiger partial charge in [-0.15, -0.1) is 5.10 Å². The molecule has 3 heterocycles. The highest BCUT2D eigenvalue weighted by atomic mass is 16.5. The molecule has 0 saturated carbocycles. The molecule has 22 heavy (non-hydrogen) atoms. The van der Waals surface area contributed by atoms with Gasteiger partial charge in [-0.25, -0.2) is 4.68 Å². The van der Waals surface area contributed by atoms with Crippen molar-refractivity contribution >= 4 is 5.91 Å². The Morgan fingerprint density at radius 1 is 1.36 bits per heavy atom. The molecule has 0 aliphatic rings. The Labute approximate surface area is 126 Å².